The second-order valence-electron chi connectivity index (χ2n) is 15.1. The average molecular weight is 792 g/mol. The highest BCUT2D eigenvalue weighted by molar-refractivity contribution is 6.01. The van der Waals surface area contributed by atoms with Crippen molar-refractivity contribution in [3.05, 3.63) is 87.9 Å². The number of carbonyl (C=O) groups excluding carboxylic acids is 3. The van der Waals surface area contributed by atoms with Gasteiger partial charge < -0.3 is 24.4 Å². The number of urea groups is 1. The number of hydrogen-bond donors (Lipinski definition) is 2. The van der Waals surface area contributed by atoms with Crippen molar-refractivity contribution in [2.75, 3.05) is 45.7 Å². The third kappa shape index (κ3) is 8.31. The lowest BCUT2D eigenvalue weighted by Crippen LogP contribution is -2.51. The van der Waals surface area contributed by atoms with Crippen LogP contribution >= 0.6 is 0 Å². The Morgan fingerprint density at radius 1 is 1.00 bits per heavy atom. The summed E-state index contributed by atoms with van der Waals surface area (Å²) in [5, 5.41) is 6.14. The predicted molar refractivity (Wildman–Crippen MR) is 205 cm³/mol. The Kier molecular flexibility index (Phi) is 11.3. The molecule has 1 atom stereocenters. The monoisotopic (exact) mass is 791 g/mol. The molecule has 3 saturated heterocycles. The molecular weight excluding hydrogens is 746 g/mol. The van der Waals surface area contributed by atoms with Gasteiger partial charge in [0.15, 0.2) is 0 Å². The number of rotatable bonds is 8. The van der Waals surface area contributed by atoms with Crippen molar-refractivity contribution in [3.63, 3.8) is 0 Å². The number of ether oxygens (including phenoxy) is 1. The van der Waals surface area contributed by atoms with Gasteiger partial charge in [0, 0.05) is 94.7 Å². The fraction of sp³-hybridized carbons (Fsp3) is 0.439. The van der Waals surface area contributed by atoms with E-state index in [1.54, 1.807) is 48.4 Å². The Labute approximate surface area is 326 Å². The summed E-state index contributed by atoms with van der Waals surface area (Å²) < 4.78 is 65.9. The summed E-state index contributed by atoms with van der Waals surface area (Å²) >= 11 is 0. The highest BCUT2D eigenvalue weighted by Gasteiger charge is 2.38. The van der Waals surface area contributed by atoms with Crippen LogP contribution in [0.4, 0.5) is 28.0 Å². The fourth-order valence-corrected chi connectivity index (χ4v) is 8.37. The van der Waals surface area contributed by atoms with E-state index < -0.39 is 41.3 Å². The molecule has 3 fully saturated rings. The normalized spacial score (nSPS) is 18.8. The van der Waals surface area contributed by atoms with Crippen LogP contribution in [0.25, 0.3) is 21.9 Å². The van der Waals surface area contributed by atoms with Crippen molar-refractivity contribution in [2.45, 2.75) is 69.2 Å². The number of likely N-dealkylation sites (tertiary alicyclic amines) is 2. The van der Waals surface area contributed by atoms with Gasteiger partial charge in [-0.3, -0.25) is 29.6 Å². The zero-order valence-electron chi connectivity index (χ0n) is 32.0. The van der Waals surface area contributed by atoms with Crippen molar-refractivity contribution < 1.29 is 36.7 Å². The number of hydrogen-bond acceptors (Lipinski definition) is 8. The Bertz CT molecular complexity index is 2250. The average Bonchev–Trinajstić information content (AvgIpc) is 3.20. The molecule has 3 aliphatic rings. The standard InChI is InChI=1S/C41H45F4N7O5/c1-49-22-31(29-8-13-46-21-30(29)39(49)55)25-18-34(42)32(36(19-25)57-3)23-51-14-11-27(12-15-51)50(2)40(56)52-16-9-24(10-17-52)28-5-4-26(20-33(28)41(43,44)45)47-35-6-7-37(53)48-38(35)54/h4-5,8,13,18-22,24,27,35,47H,6-7,9-12,14-17,23H2,1-3H3,(H,48,53,54). The molecule has 3 aliphatic heterocycles. The quantitative estimate of drug-likeness (QED) is 0.167. The van der Waals surface area contributed by atoms with Crippen molar-refractivity contribution in [1.82, 2.24) is 29.6 Å². The van der Waals surface area contributed by atoms with Crippen molar-refractivity contribution in [3.8, 4) is 16.9 Å². The number of aryl methyl sites for hydroxylation is 1. The number of nitrogens with one attached hydrogen (secondary N) is 2. The lowest BCUT2D eigenvalue weighted by atomic mass is 9.86. The lowest BCUT2D eigenvalue weighted by molar-refractivity contribution is -0.138. The molecule has 0 bridgehead atoms. The van der Waals surface area contributed by atoms with Crippen LogP contribution in [0.15, 0.2) is 59.8 Å². The number of amides is 4. The van der Waals surface area contributed by atoms with Crippen molar-refractivity contribution in [1.29, 1.82) is 0 Å². The zero-order chi connectivity index (χ0) is 40.6. The van der Waals surface area contributed by atoms with Crippen LogP contribution in [0.2, 0.25) is 0 Å². The minimum atomic E-state index is -4.63. The van der Waals surface area contributed by atoms with Crippen LogP contribution in [0, 0.1) is 5.82 Å². The number of imide groups is 1. The lowest BCUT2D eigenvalue weighted by Gasteiger charge is -2.41. The highest BCUT2D eigenvalue weighted by atomic mass is 19.4. The number of halogens is 4. The van der Waals surface area contributed by atoms with Gasteiger partial charge in [0.2, 0.25) is 11.8 Å². The molecule has 7 rings (SSSR count). The summed E-state index contributed by atoms with van der Waals surface area (Å²) in [5.74, 6) is -1.43. The van der Waals surface area contributed by atoms with E-state index in [0.717, 1.165) is 6.07 Å². The second-order valence-corrected chi connectivity index (χ2v) is 15.1. The first-order chi connectivity index (χ1) is 27.2. The minimum Gasteiger partial charge on any atom is -0.496 e. The van der Waals surface area contributed by atoms with E-state index in [-0.39, 0.29) is 41.7 Å². The van der Waals surface area contributed by atoms with E-state index in [0.29, 0.717) is 91.6 Å². The first-order valence-corrected chi connectivity index (χ1v) is 19.1. The van der Waals surface area contributed by atoms with Gasteiger partial charge >= 0.3 is 12.2 Å². The Balaban J connectivity index is 0.948. The molecule has 4 aromatic rings. The number of alkyl halides is 3. The van der Waals surface area contributed by atoms with Crippen molar-refractivity contribution >= 4 is 34.3 Å². The van der Waals surface area contributed by atoms with Gasteiger partial charge in [0.05, 0.1) is 18.1 Å². The summed E-state index contributed by atoms with van der Waals surface area (Å²) in [7, 11) is 4.89. The van der Waals surface area contributed by atoms with Crippen LogP contribution in [-0.2, 0) is 29.4 Å². The first-order valence-electron chi connectivity index (χ1n) is 19.1. The summed E-state index contributed by atoms with van der Waals surface area (Å²) in [6, 6.07) is 7.93. The first kappa shape index (κ1) is 39.7. The van der Waals surface area contributed by atoms with E-state index in [2.05, 4.69) is 20.5 Å². The smallest absolute Gasteiger partial charge is 0.416 e. The molecule has 1 unspecified atom stereocenters. The number of methoxy groups -OCH3 is 1. The van der Waals surface area contributed by atoms with Crippen LogP contribution in [0.3, 0.4) is 0 Å². The number of anilines is 1. The number of pyridine rings is 2. The fourth-order valence-electron chi connectivity index (χ4n) is 8.37. The van der Waals surface area contributed by atoms with E-state index >= 15 is 4.39 Å². The summed E-state index contributed by atoms with van der Waals surface area (Å²) in [4.78, 5) is 59.6. The second kappa shape index (κ2) is 16.2. The highest BCUT2D eigenvalue weighted by Crippen LogP contribution is 2.41. The predicted octanol–water partition coefficient (Wildman–Crippen LogP) is 5.88. The molecule has 4 amide bonds. The molecule has 0 aliphatic carbocycles. The molecule has 16 heteroatoms. The number of benzene rings is 2. The molecule has 5 heterocycles. The number of aromatic nitrogens is 2. The van der Waals surface area contributed by atoms with E-state index in [4.69, 9.17) is 4.74 Å². The number of fused-ring (bicyclic) bond motifs is 1. The molecule has 302 valence electrons. The maximum Gasteiger partial charge on any atom is 0.416 e. The minimum absolute atomic E-state index is 0.0608. The number of carbonyl (C=O) groups is 3. The summed E-state index contributed by atoms with van der Waals surface area (Å²) in [6.07, 6.45) is 2.49. The third-order valence-corrected chi connectivity index (χ3v) is 11.6. The molecule has 57 heavy (non-hydrogen) atoms. The molecule has 0 saturated carbocycles. The maximum absolute atomic E-state index is 15.9. The summed E-state index contributed by atoms with van der Waals surface area (Å²) in [5.41, 5.74) is 0.988. The maximum atomic E-state index is 15.9. The molecule has 2 aromatic carbocycles. The summed E-state index contributed by atoms with van der Waals surface area (Å²) in [6.45, 7) is 2.14. The Morgan fingerprint density at radius 3 is 2.42 bits per heavy atom. The SMILES string of the molecule is COc1cc(-c2cn(C)c(=O)c3cnccc23)cc(F)c1CN1CCC(N(C)C(=O)N2CCC(c3ccc(NC4CCC(=O)NC4=O)cc3C(F)(F)F)CC2)CC1. The molecule has 2 N–H and O–H groups in total. The van der Waals surface area contributed by atoms with Crippen LogP contribution in [-0.4, -0.2) is 94.5 Å². The van der Waals surface area contributed by atoms with Gasteiger partial charge in [0.1, 0.15) is 17.6 Å². The molecular formula is C41H45F4N7O5. The number of nitrogens with zero attached hydrogens (tertiary/aromatic N) is 5. The van der Waals surface area contributed by atoms with Crippen LogP contribution in [0.5, 0.6) is 5.75 Å². The van der Waals surface area contributed by atoms with Gasteiger partial charge in [0.25, 0.3) is 5.56 Å². The van der Waals surface area contributed by atoms with E-state index in [9.17, 15) is 32.3 Å². The van der Waals surface area contributed by atoms with Crippen molar-refractivity contribution in [2.24, 2.45) is 7.05 Å². The Hall–Kier alpha value is -5.51. The van der Waals surface area contributed by atoms with Gasteiger partial charge in [-0.25, -0.2) is 9.18 Å². The van der Waals surface area contributed by atoms with Gasteiger partial charge in [-0.1, -0.05) is 6.07 Å². The third-order valence-electron chi connectivity index (χ3n) is 11.6. The molecule has 0 spiro atoms. The molecule has 2 aromatic heterocycles. The zero-order valence-corrected chi connectivity index (χ0v) is 32.0. The van der Waals surface area contributed by atoms with Gasteiger partial charge in [-0.2, -0.15) is 13.2 Å². The van der Waals surface area contributed by atoms with E-state index in [1.807, 2.05) is 0 Å². The topological polar surface area (TPSA) is 129 Å². The van der Waals surface area contributed by atoms with E-state index in [1.165, 1.54) is 36.1 Å². The molecule has 12 nitrogen and oxygen atoms in total. The van der Waals surface area contributed by atoms with Crippen LogP contribution in [0.1, 0.15) is 61.1 Å². The largest absolute Gasteiger partial charge is 0.496 e. The Morgan fingerprint density at radius 2 is 1.74 bits per heavy atom. The van der Waals surface area contributed by atoms with Crippen LogP contribution < -0.4 is 20.9 Å². The number of piperidine rings is 3. The van der Waals surface area contributed by atoms with Gasteiger partial charge in [-0.15, -0.1) is 0 Å². The van der Waals surface area contributed by atoms with Gasteiger partial charge in [-0.05, 0) is 84.9 Å². The molecule has 0 radical (unpaired) electrons.